The number of amides is 1. The topological polar surface area (TPSA) is 78.6 Å². The van der Waals surface area contributed by atoms with Crippen molar-refractivity contribution >= 4 is 11.6 Å². The Morgan fingerprint density at radius 2 is 1.95 bits per heavy atom. The zero-order valence-electron chi connectivity index (χ0n) is 22.3. The quantitative estimate of drug-likeness (QED) is 0.322. The molecular formula is C28H32F4N6O2. The van der Waals surface area contributed by atoms with E-state index in [0.29, 0.717) is 30.4 Å². The van der Waals surface area contributed by atoms with Gasteiger partial charge < -0.3 is 14.2 Å². The highest BCUT2D eigenvalue weighted by Crippen LogP contribution is 2.34. The summed E-state index contributed by atoms with van der Waals surface area (Å²) >= 11 is 0. The van der Waals surface area contributed by atoms with E-state index in [1.54, 1.807) is 12.1 Å². The zero-order chi connectivity index (χ0) is 28.3. The maximum atomic E-state index is 16.2. The molecule has 8 nitrogen and oxygen atoms in total. The van der Waals surface area contributed by atoms with Crippen LogP contribution < -0.4 is 4.90 Å². The van der Waals surface area contributed by atoms with Crippen molar-refractivity contribution in [1.82, 2.24) is 25.0 Å². The van der Waals surface area contributed by atoms with Crippen molar-refractivity contribution in [1.29, 1.82) is 0 Å². The minimum absolute atomic E-state index is 0.0547. The number of nitrogens with zero attached hydrogens (tertiary/aromatic N) is 6. The van der Waals surface area contributed by atoms with Crippen LogP contribution in [0.4, 0.5) is 23.2 Å². The Morgan fingerprint density at radius 1 is 1.18 bits per heavy atom. The molecule has 3 aromatic rings. The van der Waals surface area contributed by atoms with Crippen molar-refractivity contribution in [3.8, 4) is 11.5 Å². The second-order valence-corrected chi connectivity index (χ2v) is 10.4. The van der Waals surface area contributed by atoms with E-state index in [0.717, 1.165) is 26.1 Å². The first-order valence-electron chi connectivity index (χ1n) is 13.6. The molecule has 5 rings (SSSR count). The number of anilines is 1. The van der Waals surface area contributed by atoms with Crippen molar-refractivity contribution in [2.75, 3.05) is 37.6 Å². The number of alkyl halides is 3. The van der Waals surface area contributed by atoms with Gasteiger partial charge in [-0.15, -0.1) is 10.2 Å². The van der Waals surface area contributed by atoms with E-state index in [1.807, 2.05) is 0 Å². The lowest BCUT2D eigenvalue weighted by Crippen LogP contribution is -2.63. The lowest BCUT2D eigenvalue weighted by Gasteiger charge is -2.48. The lowest BCUT2D eigenvalue weighted by atomic mass is 9.89. The number of hydrogen-bond donors (Lipinski definition) is 0. The summed E-state index contributed by atoms with van der Waals surface area (Å²) in [5, 5.41) is 6.90. The summed E-state index contributed by atoms with van der Waals surface area (Å²) in [5.41, 5.74) is -1.17. The van der Waals surface area contributed by atoms with Crippen LogP contribution in [0.3, 0.4) is 0 Å². The largest absolute Gasteiger partial charge is 0.415 e. The highest BCUT2D eigenvalue weighted by atomic mass is 19.3. The van der Waals surface area contributed by atoms with Crippen molar-refractivity contribution in [3.63, 3.8) is 0 Å². The first kappa shape index (κ1) is 28.2. The molecule has 0 aliphatic carbocycles. The number of likely N-dealkylation sites (tertiary alicyclic amines) is 2. The van der Waals surface area contributed by atoms with E-state index < -0.39 is 29.7 Å². The summed E-state index contributed by atoms with van der Waals surface area (Å²) < 4.78 is 60.9. The molecule has 0 unspecified atom stereocenters. The molecule has 4 heterocycles. The molecule has 0 spiro atoms. The number of benzene rings is 1. The Hall–Kier alpha value is -3.38. The van der Waals surface area contributed by atoms with Crippen LogP contribution in [0.15, 0.2) is 47.0 Å². The normalized spacial score (nSPS) is 18.1. The first-order valence-corrected chi connectivity index (χ1v) is 13.6. The third-order valence-corrected chi connectivity index (χ3v) is 7.64. The summed E-state index contributed by atoms with van der Waals surface area (Å²) in [6, 6.07) is 8.93. The third-order valence-electron chi connectivity index (χ3n) is 7.64. The van der Waals surface area contributed by atoms with Crippen LogP contribution in [0.5, 0.6) is 0 Å². The Morgan fingerprint density at radius 3 is 2.58 bits per heavy atom. The molecular weight excluding hydrogens is 528 g/mol. The third kappa shape index (κ3) is 6.17. The van der Waals surface area contributed by atoms with Gasteiger partial charge >= 0.3 is 6.43 Å². The van der Waals surface area contributed by atoms with E-state index in [4.69, 9.17) is 4.42 Å². The van der Waals surface area contributed by atoms with Crippen LogP contribution in [0.2, 0.25) is 0 Å². The fourth-order valence-corrected chi connectivity index (χ4v) is 5.21. The number of unbranched alkanes of at least 4 members (excludes halogenated alkanes) is 1. The van der Waals surface area contributed by atoms with Gasteiger partial charge in [-0.25, -0.2) is 8.78 Å². The van der Waals surface area contributed by atoms with Crippen LogP contribution in [0.25, 0.3) is 11.5 Å². The fourth-order valence-electron chi connectivity index (χ4n) is 5.21. The molecule has 0 N–H and O–H groups in total. The number of halogens is 4. The highest BCUT2D eigenvalue weighted by Gasteiger charge is 2.46. The standard InChI is InChI=1S/C28H32F4N6O2/c1-2-3-11-36-17-23(18-36)37-12-9-28(32,10-13-37)27(39)38(22-6-4-5-20(29)14-22)16-21-8-7-19(15-33-21)25-34-35-26(40-25)24(30)31/h4-8,14-15,23-24H,2-3,9-13,16-18H2,1H3. The smallest absolute Gasteiger partial charge is 0.314 e. The van der Waals surface area contributed by atoms with Gasteiger partial charge in [-0.1, -0.05) is 19.4 Å². The lowest BCUT2D eigenvalue weighted by molar-refractivity contribution is -0.134. The molecule has 12 heteroatoms. The zero-order valence-corrected chi connectivity index (χ0v) is 22.3. The second kappa shape index (κ2) is 12.0. The Labute approximate surface area is 230 Å². The summed E-state index contributed by atoms with van der Waals surface area (Å²) in [5.74, 6) is -2.21. The van der Waals surface area contributed by atoms with Crippen molar-refractivity contribution in [2.24, 2.45) is 0 Å². The highest BCUT2D eigenvalue weighted by molar-refractivity contribution is 5.99. The number of rotatable bonds is 10. The molecule has 0 radical (unpaired) electrons. The fraction of sp³-hybridized carbons (Fsp3) is 0.500. The minimum atomic E-state index is -2.89. The van der Waals surface area contributed by atoms with E-state index >= 15 is 4.39 Å². The molecule has 214 valence electrons. The van der Waals surface area contributed by atoms with Gasteiger partial charge in [0.2, 0.25) is 5.89 Å². The summed E-state index contributed by atoms with van der Waals surface area (Å²) in [6.07, 6.45) is 0.878. The number of aromatic nitrogens is 3. The number of piperidine rings is 1. The summed E-state index contributed by atoms with van der Waals surface area (Å²) in [6.45, 7) is 6.03. The Bertz CT molecular complexity index is 1290. The van der Waals surface area contributed by atoms with Gasteiger partial charge in [0.15, 0.2) is 5.67 Å². The predicted octanol–water partition coefficient (Wildman–Crippen LogP) is 5.03. The molecule has 2 fully saturated rings. The average molecular weight is 561 g/mol. The van der Waals surface area contributed by atoms with Crippen LogP contribution in [-0.2, 0) is 11.3 Å². The molecule has 1 amide bonds. The van der Waals surface area contributed by atoms with Gasteiger partial charge in [-0.2, -0.15) is 8.78 Å². The Balaban J connectivity index is 1.28. The molecule has 2 aromatic heterocycles. The maximum absolute atomic E-state index is 16.2. The maximum Gasteiger partial charge on any atom is 0.314 e. The summed E-state index contributed by atoms with van der Waals surface area (Å²) in [4.78, 5) is 23.9. The minimum Gasteiger partial charge on any atom is -0.415 e. The number of carbonyl (C=O) groups excluding carboxylic acids is 1. The predicted molar refractivity (Wildman–Crippen MR) is 140 cm³/mol. The van der Waals surface area contributed by atoms with E-state index in [-0.39, 0.29) is 31.0 Å². The van der Waals surface area contributed by atoms with Gasteiger partial charge in [0.25, 0.3) is 11.8 Å². The average Bonchev–Trinajstić information content (AvgIpc) is 3.43. The molecule has 2 aliphatic heterocycles. The SMILES string of the molecule is CCCCN1CC(N2CCC(F)(C(=O)N(Cc3ccc(-c4nnc(C(F)F)o4)cn3)c3cccc(F)c3)CC2)C1. The number of pyridine rings is 1. The van der Waals surface area contributed by atoms with Gasteiger partial charge in [-0.05, 0) is 43.3 Å². The van der Waals surface area contributed by atoms with Crippen LogP contribution >= 0.6 is 0 Å². The molecule has 0 bridgehead atoms. The van der Waals surface area contributed by atoms with Crippen LogP contribution in [0, 0.1) is 5.82 Å². The van der Waals surface area contributed by atoms with E-state index in [9.17, 15) is 18.0 Å². The van der Waals surface area contributed by atoms with Crippen molar-refractivity contribution in [3.05, 3.63) is 60.0 Å². The van der Waals surface area contributed by atoms with Crippen molar-refractivity contribution in [2.45, 2.75) is 57.3 Å². The molecule has 1 aromatic carbocycles. The first-order chi connectivity index (χ1) is 19.3. The van der Waals surface area contributed by atoms with Gasteiger partial charge in [0.05, 0.1) is 17.8 Å². The van der Waals surface area contributed by atoms with E-state index in [1.165, 1.54) is 41.8 Å². The van der Waals surface area contributed by atoms with Gasteiger partial charge in [0, 0.05) is 56.9 Å². The van der Waals surface area contributed by atoms with Crippen molar-refractivity contribution < 1.29 is 26.8 Å². The Kier molecular flexibility index (Phi) is 8.46. The van der Waals surface area contributed by atoms with E-state index in [2.05, 4.69) is 31.9 Å². The molecule has 40 heavy (non-hydrogen) atoms. The number of hydrogen-bond acceptors (Lipinski definition) is 7. The molecule has 2 saturated heterocycles. The van der Waals surface area contributed by atoms with Crippen LogP contribution in [0.1, 0.15) is 50.6 Å². The second-order valence-electron chi connectivity index (χ2n) is 10.4. The molecule has 0 saturated carbocycles. The van der Waals surface area contributed by atoms with Gasteiger partial charge in [0.1, 0.15) is 5.82 Å². The van der Waals surface area contributed by atoms with Crippen LogP contribution in [-0.4, -0.2) is 75.3 Å². The molecule has 0 atom stereocenters. The molecule has 2 aliphatic rings. The number of carbonyl (C=O) groups is 1. The summed E-state index contributed by atoms with van der Waals surface area (Å²) in [7, 11) is 0. The monoisotopic (exact) mass is 560 g/mol. The van der Waals surface area contributed by atoms with Gasteiger partial charge in [-0.3, -0.25) is 14.7 Å².